The molecule has 1 aliphatic heterocycles. The van der Waals surface area contributed by atoms with E-state index < -0.39 is 58.5 Å². The van der Waals surface area contributed by atoms with Crippen LogP contribution in [-0.4, -0.2) is 38.3 Å². The van der Waals surface area contributed by atoms with Gasteiger partial charge in [0, 0.05) is 18.2 Å². The summed E-state index contributed by atoms with van der Waals surface area (Å²) in [5.74, 6) is -1.01. The lowest BCUT2D eigenvalue weighted by Gasteiger charge is -2.39. The minimum Gasteiger partial charge on any atom is -0.750 e. The highest BCUT2D eigenvalue weighted by Crippen LogP contribution is 2.37. The third-order valence-electron chi connectivity index (χ3n) is 5.29. The van der Waals surface area contributed by atoms with E-state index in [9.17, 15) is 39.9 Å². The quantitative estimate of drug-likeness (QED) is 0.445. The van der Waals surface area contributed by atoms with Crippen molar-refractivity contribution in [1.82, 2.24) is 4.90 Å². The van der Waals surface area contributed by atoms with Crippen molar-refractivity contribution in [2.24, 2.45) is 0 Å². The van der Waals surface area contributed by atoms with Crippen molar-refractivity contribution in [1.29, 1.82) is 0 Å². The summed E-state index contributed by atoms with van der Waals surface area (Å²) in [6.07, 6.45) is -10.6. The van der Waals surface area contributed by atoms with E-state index in [1.165, 1.54) is 4.90 Å². The Bertz CT molecular complexity index is 980. The molecule has 2 aromatic rings. The van der Waals surface area contributed by atoms with Gasteiger partial charge in [-0.15, -0.1) is 0 Å². The summed E-state index contributed by atoms with van der Waals surface area (Å²) in [4.78, 5) is 14.3. The molecule has 3 unspecified atom stereocenters. The molecule has 3 atom stereocenters. The number of carbonyl (C=O) groups is 1. The first-order valence-corrected chi connectivity index (χ1v) is 10.8. The molecule has 0 radical (unpaired) electrons. The Morgan fingerprint density at radius 3 is 2.12 bits per heavy atom. The number of hydrogen-bond donors (Lipinski definition) is 0. The third-order valence-corrected chi connectivity index (χ3v) is 5.72. The van der Waals surface area contributed by atoms with Gasteiger partial charge in [0.05, 0.1) is 28.6 Å². The summed E-state index contributed by atoms with van der Waals surface area (Å²) in [5.41, 5.74) is -3.16. The van der Waals surface area contributed by atoms with Gasteiger partial charge in [-0.1, -0.05) is 30.3 Å². The predicted molar refractivity (Wildman–Crippen MR) is 104 cm³/mol. The Morgan fingerprint density at radius 1 is 1.03 bits per heavy atom. The zero-order chi connectivity index (χ0) is 24.4. The van der Waals surface area contributed by atoms with Crippen LogP contribution in [-0.2, 0) is 34.3 Å². The second kappa shape index (κ2) is 9.82. The van der Waals surface area contributed by atoms with Crippen molar-refractivity contribution in [2.45, 2.75) is 43.8 Å². The zero-order valence-electron chi connectivity index (χ0n) is 16.9. The van der Waals surface area contributed by atoms with Crippen molar-refractivity contribution < 1.29 is 44.1 Å². The molecule has 0 N–H and O–H groups in total. The molecule has 0 aromatic heterocycles. The molecule has 33 heavy (non-hydrogen) atoms. The van der Waals surface area contributed by atoms with Crippen LogP contribution in [0.25, 0.3) is 0 Å². The van der Waals surface area contributed by atoms with Gasteiger partial charge in [-0.2, -0.15) is 26.3 Å². The number of halogens is 6. The first-order valence-electron chi connectivity index (χ1n) is 9.75. The molecule has 0 saturated carbocycles. The highest BCUT2D eigenvalue weighted by Gasteiger charge is 2.39. The summed E-state index contributed by atoms with van der Waals surface area (Å²) >= 11 is -2.81. The Kier molecular flexibility index (Phi) is 7.49. The van der Waals surface area contributed by atoms with E-state index in [0.29, 0.717) is 12.1 Å². The average Bonchev–Trinajstić information content (AvgIpc) is 2.72. The normalized spacial score (nSPS) is 20.5. The first kappa shape index (κ1) is 25.2. The number of rotatable bonds is 5. The summed E-state index contributed by atoms with van der Waals surface area (Å²) in [5, 5.41) is 0. The number of piperidine rings is 1. The van der Waals surface area contributed by atoms with Crippen molar-refractivity contribution in [3.63, 3.8) is 0 Å². The topological polar surface area (TPSA) is 69.7 Å². The molecular weight excluding hydrogens is 476 g/mol. The monoisotopic (exact) mass is 494 g/mol. The number of amides is 1. The van der Waals surface area contributed by atoms with E-state index in [-0.39, 0.29) is 31.9 Å². The fourth-order valence-electron chi connectivity index (χ4n) is 3.80. The molecule has 1 amide bonds. The van der Waals surface area contributed by atoms with Crippen molar-refractivity contribution in [2.75, 3.05) is 6.54 Å². The molecule has 0 spiro atoms. The maximum Gasteiger partial charge on any atom is 0.416 e. The van der Waals surface area contributed by atoms with E-state index in [0.717, 1.165) is 5.56 Å². The van der Waals surface area contributed by atoms with Gasteiger partial charge in [0.15, 0.2) is 0 Å². The van der Waals surface area contributed by atoms with Gasteiger partial charge < -0.3 is 9.45 Å². The van der Waals surface area contributed by atoms with Gasteiger partial charge in [0.25, 0.3) is 5.91 Å². The molecular formula is C21H18F6NO4S-. The molecule has 0 aliphatic carbocycles. The zero-order valence-corrected chi connectivity index (χ0v) is 17.7. The van der Waals surface area contributed by atoms with Crippen LogP contribution >= 0.6 is 0 Å². The molecule has 1 heterocycles. The van der Waals surface area contributed by atoms with Crippen LogP contribution in [0, 0.1) is 0 Å². The number of likely N-dealkylation sites (tertiary alicyclic amines) is 1. The van der Waals surface area contributed by atoms with E-state index in [2.05, 4.69) is 0 Å². The molecule has 5 nitrogen and oxygen atoms in total. The first-order chi connectivity index (χ1) is 15.3. The molecule has 2 aromatic carbocycles. The maximum absolute atomic E-state index is 13.2. The minimum absolute atomic E-state index is 0.0398. The van der Waals surface area contributed by atoms with Gasteiger partial charge in [-0.25, -0.2) is 4.21 Å². The molecule has 1 saturated heterocycles. The second-order valence-corrected chi connectivity index (χ2v) is 8.18. The molecule has 0 bridgehead atoms. The molecule has 12 heteroatoms. The number of hydrogen-bond acceptors (Lipinski definition) is 4. The summed E-state index contributed by atoms with van der Waals surface area (Å²) in [7, 11) is 0. The van der Waals surface area contributed by atoms with E-state index in [1.54, 1.807) is 30.3 Å². The van der Waals surface area contributed by atoms with Crippen LogP contribution in [0.3, 0.4) is 0 Å². The maximum atomic E-state index is 13.2. The standard InChI is InChI=1S/C21H19F6NO4S/c22-20(23,24)15-9-14(10-16(11-15)21(25,26)27)19(29)28-7-6-18(32-33(30)31)12-17(28)8-13-4-2-1-3-5-13/h1-5,9-11,17-18H,6-8,12H2,(H,30,31)/p-1. The number of nitrogens with zero attached hydrogens (tertiary/aromatic N) is 1. The Hall–Kier alpha value is -2.44. The minimum atomic E-state index is -5.08. The average molecular weight is 494 g/mol. The van der Waals surface area contributed by atoms with E-state index >= 15 is 0 Å². The largest absolute Gasteiger partial charge is 0.750 e. The SMILES string of the molecule is O=C(c1cc(C(F)(F)F)cc(C(F)(F)F)c1)N1CCC(OS(=O)[O-])CC1Cc1ccccc1. The molecule has 180 valence electrons. The summed E-state index contributed by atoms with van der Waals surface area (Å²) < 4.78 is 106. The summed E-state index contributed by atoms with van der Waals surface area (Å²) in [6.45, 7) is -0.101. The van der Waals surface area contributed by atoms with E-state index in [4.69, 9.17) is 4.18 Å². The smallest absolute Gasteiger partial charge is 0.416 e. The van der Waals surface area contributed by atoms with Crippen LogP contribution < -0.4 is 0 Å². The van der Waals surface area contributed by atoms with Crippen molar-refractivity contribution >= 4 is 17.3 Å². The fourth-order valence-corrected chi connectivity index (χ4v) is 4.20. The van der Waals surface area contributed by atoms with Crippen LogP contribution in [0.5, 0.6) is 0 Å². The van der Waals surface area contributed by atoms with Gasteiger partial charge in [0.2, 0.25) is 0 Å². The molecule has 1 fully saturated rings. The van der Waals surface area contributed by atoms with Crippen LogP contribution in [0.1, 0.15) is 39.9 Å². The van der Waals surface area contributed by atoms with Crippen LogP contribution in [0.2, 0.25) is 0 Å². The Labute approximate surface area is 187 Å². The van der Waals surface area contributed by atoms with Crippen molar-refractivity contribution in [3.05, 3.63) is 70.8 Å². The third kappa shape index (κ3) is 6.55. The van der Waals surface area contributed by atoms with Crippen molar-refractivity contribution in [3.8, 4) is 0 Å². The highest BCUT2D eigenvalue weighted by molar-refractivity contribution is 7.74. The summed E-state index contributed by atoms with van der Waals surface area (Å²) in [6, 6.07) is 8.74. The highest BCUT2D eigenvalue weighted by atomic mass is 32.2. The molecule has 1 aliphatic rings. The lowest BCUT2D eigenvalue weighted by Crippen LogP contribution is -2.49. The van der Waals surface area contributed by atoms with Gasteiger partial charge in [-0.3, -0.25) is 8.98 Å². The number of benzene rings is 2. The van der Waals surface area contributed by atoms with Crippen LogP contribution in [0.15, 0.2) is 48.5 Å². The van der Waals surface area contributed by atoms with Gasteiger partial charge >= 0.3 is 12.4 Å². The van der Waals surface area contributed by atoms with E-state index in [1.807, 2.05) is 0 Å². The fraction of sp³-hybridized carbons (Fsp3) is 0.381. The van der Waals surface area contributed by atoms with Gasteiger partial charge in [-0.05, 0) is 43.0 Å². The lowest BCUT2D eigenvalue weighted by atomic mass is 9.92. The Morgan fingerprint density at radius 2 is 1.61 bits per heavy atom. The Balaban J connectivity index is 1.96. The lowest BCUT2D eigenvalue weighted by molar-refractivity contribution is -0.143. The second-order valence-electron chi connectivity index (χ2n) is 7.58. The molecule has 3 rings (SSSR count). The predicted octanol–water partition coefficient (Wildman–Crippen LogP) is 4.75. The number of carbonyl (C=O) groups excluding carboxylic acids is 1. The number of alkyl halides is 6. The van der Waals surface area contributed by atoms with Gasteiger partial charge in [0.1, 0.15) is 0 Å². The van der Waals surface area contributed by atoms with Crippen LogP contribution in [0.4, 0.5) is 26.3 Å².